The Morgan fingerprint density at radius 2 is 1.59 bits per heavy atom. The lowest BCUT2D eigenvalue weighted by Crippen LogP contribution is -2.64. The highest BCUT2D eigenvalue weighted by Crippen LogP contribution is 2.39. The summed E-state index contributed by atoms with van der Waals surface area (Å²) in [5.74, 6) is 0. The van der Waals surface area contributed by atoms with Gasteiger partial charge < -0.3 is 42.3 Å². The highest BCUT2D eigenvalue weighted by molar-refractivity contribution is 6.74. The Hall–Kier alpha value is -1.44. The molecule has 3 heterocycles. The molecule has 3 saturated heterocycles. The topological polar surface area (TPSA) is 83.1 Å². The van der Waals surface area contributed by atoms with Crippen molar-refractivity contribution in [3.63, 3.8) is 0 Å². The molecule has 3 aliphatic heterocycles. The number of hydrogen-bond donors (Lipinski definition) is 0. The number of hydrogen-bond acceptors (Lipinski definition) is 9. The molecule has 4 rings (SSSR count). The molecule has 0 radical (unpaired) electrons. The first-order valence-electron chi connectivity index (χ1n) is 14.5. The smallest absolute Gasteiger partial charge is 0.192 e. The van der Waals surface area contributed by atoms with Gasteiger partial charge in [0, 0.05) is 5.56 Å². The number of ether oxygens (including phenoxy) is 8. The third-order valence-electron chi connectivity index (χ3n) is 8.12. The summed E-state index contributed by atoms with van der Waals surface area (Å²) in [6.45, 7) is 22.2. The highest BCUT2D eigenvalue weighted by atomic mass is 28.4. The second kappa shape index (κ2) is 14.4. The van der Waals surface area contributed by atoms with Crippen LogP contribution in [0.15, 0.2) is 55.6 Å². The van der Waals surface area contributed by atoms with Gasteiger partial charge in [0.1, 0.15) is 30.5 Å². The van der Waals surface area contributed by atoms with Gasteiger partial charge >= 0.3 is 0 Å². The lowest BCUT2D eigenvalue weighted by Gasteiger charge is -2.49. The second-order valence-corrected chi connectivity index (χ2v) is 17.0. The van der Waals surface area contributed by atoms with Gasteiger partial charge in [0.25, 0.3) is 0 Å². The Labute approximate surface area is 246 Å². The molecule has 3 aliphatic rings. The molecule has 0 saturated carbocycles. The predicted molar refractivity (Wildman–Crippen MR) is 157 cm³/mol. The minimum Gasteiger partial charge on any atom is -0.409 e. The van der Waals surface area contributed by atoms with E-state index in [9.17, 15) is 0 Å². The lowest BCUT2D eigenvalue weighted by atomic mass is 9.97. The van der Waals surface area contributed by atoms with E-state index in [2.05, 4.69) is 47.0 Å². The van der Waals surface area contributed by atoms with Crippen molar-refractivity contribution in [1.29, 1.82) is 0 Å². The van der Waals surface area contributed by atoms with Crippen LogP contribution in [-0.4, -0.2) is 90.6 Å². The number of benzene rings is 1. The van der Waals surface area contributed by atoms with E-state index in [4.69, 9.17) is 42.3 Å². The van der Waals surface area contributed by atoms with E-state index in [0.29, 0.717) is 26.4 Å². The quantitative estimate of drug-likeness (QED) is 0.242. The van der Waals surface area contributed by atoms with E-state index in [0.717, 1.165) is 5.56 Å². The first kappa shape index (κ1) is 32.5. The Bertz CT molecular complexity index is 968. The monoisotopic (exact) mass is 592 g/mol. The van der Waals surface area contributed by atoms with Gasteiger partial charge in [-0.15, -0.1) is 13.2 Å². The van der Waals surface area contributed by atoms with Crippen molar-refractivity contribution in [1.82, 2.24) is 0 Å². The standard InChI is InChI=1S/C31H48O9Si/c1-9-16-32-27-26-25(20-35-29(39-26)22-14-12-11-13-15-22)38-30(28(27)33-17-10-2)36-18-23-24(19-34-21(3)37-23)40-41(7,8)31(4,5)6/h9-15,21,23-30H,1-2,16-20H2,3-8H3/t21?,23-,24+,25+,26+,27-,28-,29?,30+/m0/s1. The van der Waals surface area contributed by atoms with Crippen LogP contribution >= 0.6 is 0 Å². The molecule has 0 spiro atoms. The molecular formula is C31H48O9Si. The van der Waals surface area contributed by atoms with Crippen molar-refractivity contribution in [2.24, 2.45) is 0 Å². The van der Waals surface area contributed by atoms with Gasteiger partial charge in [-0.25, -0.2) is 0 Å². The fourth-order valence-corrected chi connectivity index (χ4v) is 6.23. The molecule has 0 aliphatic carbocycles. The molecule has 0 amide bonds. The summed E-state index contributed by atoms with van der Waals surface area (Å²) < 4.78 is 56.6. The summed E-state index contributed by atoms with van der Waals surface area (Å²) >= 11 is 0. The molecular weight excluding hydrogens is 544 g/mol. The van der Waals surface area contributed by atoms with Gasteiger partial charge in [-0.05, 0) is 25.1 Å². The van der Waals surface area contributed by atoms with Crippen LogP contribution < -0.4 is 0 Å². The van der Waals surface area contributed by atoms with E-state index in [-0.39, 0.29) is 30.1 Å². The summed E-state index contributed by atoms with van der Waals surface area (Å²) in [5, 5.41) is 0.0426. The van der Waals surface area contributed by atoms with Crippen molar-refractivity contribution >= 4 is 8.32 Å². The van der Waals surface area contributed by atoms with E-state index >= 15 is 0 Å². The first-order chi connectivity index (χ1) is 19.5. The maximum atomic E-state index is 6.70. The molecule has 1 aromatic rings. The van der Waals surface area contributed by atoms with Crippen LogP contribution in [0, 0.1) is 0 Å². The molecule has 0 bridgehead atoms. The molecule has 0 N–H and O–H groups in total. The molecule has 2 unspecified atom stereocenters. The van der Waals surface area contributed by atoms with Gasteiger partial charge in [-0.1, -0.05) is 63.3 Å². The maximum Gasteiger partial charge on any atom is 0.192 e. The largest absolute Gasteiger partial charge is 0.409 e. The highest BCUT2D eigenvalue weighted by Gasteiger charge is 2.52. The van der Waals surface area contributed by atoms with Crippen LogP contribution in [0.3, 0.4) is 0 Å². The van der Waals surface area contributed by atoms with Crippen LogP contribution in [0.25, 0.3) is 0 Å². The SMILES string of the molecule is C=CCO[C@@H]1[C@H](OCC=C)[C@H](OC[C@@H]2OC(C)OC[C@H]2O[Si](C)(C)C(C)(C)C)O[C@@H]2COC(c3ccccc3)O[C@@H]12. The lowest BCUT2D eigenvalue weighted by molar-refractivity contribution is -0.373. The number of rotatable bonds is 12. The third-order valence-corrected chi connectivity index (χ3v) is 12.6. The van der Waals surface area contributed by atoms with E-state index in [1.165, 1.54) is 0 Å². The fraction of sp³-hybridized carbons (Fsp3) is 0.677. The van der Waals surface area contributed by atoms with Crippen molar-refractivity contribution in [2.75, 3.05) is 33.0 Å². The summed E-state index contributed by atoms with van der Waals surface area (Å²) in [6.07, 6.45) is -0.853. The molecule has 9 atom stereocenters. The molecule has 3 fully saturated rings. The second-order valence-electron chi connectivity index (χ2n) is 12.2. The summed E-state index contributed by atoms with van der Waals surface area (Å²) in [5.41, 5.74) is 0.925. The van der Waals surface area contributed by atoms with Crippen LogP contribution in [0.1, 0.15) is 39.5 Å². The molecule has 9 nitrogen and oxygen atoms in total. The molecule has 230 valence electrons. The first-order valence-corrected chi connectivity index (χ1v) is 17.4. The molecule has 10 heteroatoms. The Morgan fingerprint density at radius 1 is 0.902 bits per heavy atom. The van der Waals surface area contributed by atoms with Crippen LogP contribution in [0.5, 0.6) is 0 Å². The zero-order chi connectivity index (χ0) is 29.6. The van der Waals surface area contributed by atoms with E-state index in [1.54, 1.807) is 12.2 Å². The van der Waals surface area contributed by atoms with Gasteiger partial charge in [-0.3, -0.25) is 0 Å². The third kappa shape index (κ3) is 8.14. The Balaban J connectivity index is 1.51. The van der Waals surface area contributed by atoms with Crippen LogP contribution in [0.2, 0.25) is 18.1 Å². The van der Waals surface area contributed by atoms with E-state index in [1.807, 2.05) is 37.3 Å². The Kier molecular flexibility index (Phi) is 11.4. The molecule has 1 aromatic carbocycles. The average molecular weight is 593 g/mol. The predicted octanol–water partition coefficient (Wildman–Crippen LogP) is 5.14. The summed E-state index contributed by atoms with van der Waals surface area (Å²) in [7, 11) is -2.08. The van der Waals surface area contributed by atoms with Crippen molar-refractivity contribution < 1.29 is 42.3 Å². The maximum absolute atomic E-state index is 6.70. The minimum absolute atomic E-state index is 0.0426. The van der Waals surface area contributed by atoms with Gasteiger partial charge in [-0.2, -0.15) is 0 Å². The van der Waals surface area contributed by atoms with Crippen LogP contribution in [-0.2, 0) is 42.3 Å². The molecule has 41 heavy (non-hydrogen) atoms. The van der Waals surface area contributed by atoms with E-state index < -0.39 is 45.3 Å². The summed E-state index contributed by atoms with van der Waals surface area (Å²) in [6, 6.07) is 9.82. The summed E-state index contributed by atoms with van der Waals surface area (Å²) in [4.78, 5) is 0. The Morgan fingerprint density at radius 3 is 2.24 bits per heavy atom. The van der Waals surface area contributed by atoms with Crippen molar-refractivity contribution in [2.45, 2.75) is 101 Å². The minimum atomic E-state index is -2.08. The average Bonchev–Trinajstić information content (AvgIpc) is 2.94. The normalized spacial score (nSPS) is 34.5. The fourth-order valence-electron chi connectivity index (χ4n) is 4.90. The van der Waals surface area contributed by atoms with Gasteiger partial charge in [0.05, 0.1) is 39.1 Å². The zero-order valence-electron chi connectivity index (χ0n) is 25.4. The van der Waals surface area contributed by atoms with Crippen molar-refractivity contribution in [3.8, 4) is 0 Å². The van der Waals surface area contributed by atoms with Crippen LogP contribution in [0.4, 0.5) is 0 Å². The number of fused-ring (bicyclic) bond motifs is 1. The van der Waals surface area contributed by atoms with Gasteiger partial charge in [0.15, 0.2) is 27.2 Å². The van der Waals surface area contributed by atoms with Crippen molar-refractivity contribution in [3.05, 3.63) is 61.2 Å². The molecule has 0 aromatic heterocycles. The zero-order valence-corrected chi connectivity index (χ0v) is 26.4. The van der Waals surface area contributed by atoms with Gasteiger partial charge in [0.2, 0.25) is 0 Å².